The van der Waals surface area contributed by atoms with Gasteiger partial charge in [-0.15, -0.1) is 0 Å². The Morgan fingerprint density at radius 2 is 1.57 bits per heavy atom. The zero-order valence-corrected chi connectivity index (χ0v) is 20.6. The lowest BCUT2D eigenvalue weighted by molar-refractivity contribution is -0.134. The quantitative estimate of drug-likeness (QED) is 0.303. The van der Waals surface area contributed by atoms with E-state index in [-0.39, 0.29) is 11.8 Å². The highest BCUT2D eigenvalue weighted by Gasteiger charge is 2.30. The fraction of sp³-hybridized carbons (Fsp3) is 0.267. The third kappa shape index (κ3) is 5.99. The molecule has 1 fully saturated rings. The van der Waals surface area contributed by atoms with Crippen molar-refractivity contribution in [2.45, 2.75) is 25.8 Å². The molecule has 0 aromatic heterocycles. The summed E-state index contributed by atoms with van der Waals surface area (Å²) < 4.78 is 4.69. The average Bonchev–Trinajstić information content (AvgIpc) is 2.85. The molecule has 0 heterocycles. The molecule has 5 nitrogen and oxygen atoms in total. The maximum absolute atomic E-state index is 13.4. The third-order valence-electron chi connectivity index (χ3n) is 6.53. The molecule has 0 saturated heterocycles. The van der Waals surface area contributed by atoms with Crippen molar-refractivity contribution in [3.05, 3.63) is 90.0 Å². The molecule has 0 unspecified atom stereocenters. The number of esters is 1. The normalized spacial score (nSPS) is 13.3. The largest absolute Gasteiger partial charge is 0.466 e. The highest BCUT2D eigenvalue weighted by Crippen LogP contribution is 2.32. The number of carbonyl (C=O) groups excluding carboxylic acids is 2. The number of methoxy groups -OCH3 is 1. The van der Waals surface area contributed by atoms with E-state index < -0.39 is 5.97 Å². The molecular weight excluding hydrogens is 436 g/mol. The molecule has 1 amide bonds. The van der Waals surface area contributed by atoms with E-state index in [4.69, 9.17) is 0 Å². The zero-order chi connectivity index (χ0) is 24.8. The molecule has 0 atom stereocenters. The van der Waals surface area contributed by atoms with Gasteiger partial charge in [-0.3, -0.25) is 4.79 Å². The number of rotatable bonds is 8. The number of benzene rings is 3. The van der Waals surface area contributed by atoms with Crippen molar-refractivity contribution in [3.63, 3.8) is 0 Å². The summed E-state index contributed by atoms with van der Waals surface area (Å²) >= 11 is 0. The van der Waals surface area contributed by atoms with Crippen molar-refractivity contribution >= 4 is 29.3 Å². The first-order valence-corrected chi connectivity index (χ1v) is 12.0. The summed E-state index contributed by atoms with van der Waals surface area (Å²) in [6, 6.07) is 24.6. The first-order chi connectivity index (χ1) is 16.9. The summed E-state index contributed by atoms with van der Waals surface area (Å²) in [5, 5.41) is 0. The number of hydrogen-bond donors (Lipinski definition) is 0. The van der Waals surface area contributed by atoms with Crippen LogP contribution >= 0.6 is 0 Å². The van der Waals surface area contributed by atoms with Crippen LogP contribution in [0.5, 0.6) is 0 Å². The molecule has 3 aromatic rings. The van der Waals surface area contributed by atoms with Crippen molar-refractivity contribution in [2.24, 2.45) is 5.92 Å². The SMILES string of the molecule is COC(=O)/C=C/c1cccc(N(Cc2ccc(-c3ccc(N(C)C)cc3)cc2)C(=O)C2CCC2)c1. The van der Waals surface area contributed by atoms with Crippen molar-refractivity contribution in [2.75, 3.05) is 31.0 Å². The molecule has 0 aliphatic heterocycles. The lowest BCUT2D eigenvalue weighted by atomic mass is 9.84. The molecule has 0 bridgehead atoms. The van der Waals surface area contributed by atoms with Gasteiger partial charge in [0.15, 0.2) is 0 Å². The Morgan fingerprint density at radius 3 is 2.14 bits per heavy atom. The second kappa shape index (κ2) is 11.0. The van der Waals surface area contributed by atoms with E-state index in [1.165, 1.54) is 18.9 Å². The molecule has 4 rings (SSSR count). The average molecular weight is 469 g/mol. The minimum absolute atomic E-state index is 0.0822. The zero-order valence-electron chi connectivity index (χ0n) is 20.6. The van der Waals surface area contributed by atoms with Crippen molar-refractivity contribution in [1.82, 2.24) is 0 Å². The smallest absolute Gasteiger partial charge is 0.330 e. The standard InChI is InChI=1S/C30H32N2O3/c1-31(2)27-17-15-25(16-18-27)24-13-10-23(11-14-24)21-32(30(34)26-7-5-8-26)28-9-4-6-22(20-28)12-19-29(33)35-3/h4,6,9-20,26H,5,7-8,21H2,1-3H3/b19-12+. The third-order valence-corrected chi connectivity index (χ3v) is 6.53. The van der Waals surface area contributed by atoms with Crippen LogP contribution in [-0.4, -0.2) is 33.1 Å². The van der Waals surface area contributed by atoms with Crippen LogP contribution in [-0.2, 0) is 20.9 Å². The maximum atomic E-state index is 13.4. The fourth-order valence-electron chi connectivity index (χ4n) is 4.14. The Hall–Kier alpha value is -3.86. The highest BCUT2D eigenvalue weighted by atomic mass is 16.5. The van der Waals surface area contributed by atoms with Crippen LogP contribution in [0, 0.1) is 5.92 Å². The molecule has 1 aliphatic carbocycles. The minimum Gasteiger partial charge on any atom is -0.466 e. The Kier molecular flexibility index (Phi) is 7.66. The molecule has 0 spiro atoms. The summed E-state index contributed by atoms with van der Waals surface area (Å²) in [7, 11) is 5.42. The lowest BCUT2D eigenvalue weighted by Crippen LogP contribution is -2.38. The van der Waals surface area contributed by atoms with Gasteiger partial charge in [0.2, 0.25) is 5.91 Å². The topological polar surface area (TPSA) is 49.9 Å². The van der Waals surface area contributed by atoms with E-state index in [1.807, 2.05) is 43.3 Å². The van der Waals surface area contributed by atoms with E-state index in [0.717, 1.165) is 47.2 Å². The van der Waals surface area contributed by atoms with E-state index >= 15 is 0 Å². The van der Waals surface area contributed by atoms with Gasteiger partial charge in [0.25, 0.3) is 0 Å². The molecule has 5 heteroatoms. The van der Waals surface area contributed by atoms with Gasteiger partial charge in [-0.2, -0.15) is 0 Å². The Morgan fingerprint density at radius 1 is 0.914 bits per heavy atom. The molecule has 0 N–H and O–H groups in total. The van der Waals surface area contributed by atoms with Crippen LogP contribution in [0.15, 0.2) is 78.9 Å². The Bertz CT molecular complexity index is 1190. The summed E-state index contributed by atoms with van der Waals surface area (Å²) in [4.78, 5) is 28.8. The maximum Gasteiger partial charge on any atom is 0.330 e. The molecular formula is C30H32N2O3. The van der Waals surface area contributed by atoms with Gasteiger partial charge in [0.1, 0.15) is 0 Å². The predicted octanol–water partition coefficient (Wildman–Crippen LogP) is 5.94. The molecule has 180 valence electrons. The van der Waals surface area contributed by atoms with Gasteiger partial charge in [0, 0.05) is 37.5 Å². The number of ether oxygens (including phenoxy) is 1. The van der Waals surface area contributed by atoms with Crippen LogP contribution < -0.4 is 9.80 Å². The van der Waals surface area contributed by atoms with E-state index in [1.54, 1.807) is 6.08 Å². The molecule has 3 aromatic carbocycles. The number of nitrogens with zero attached hydrogens (tertiary/aromatic N) is 2. The van der Waals surface area contributed by atoms with Crippen LogP contribution in [0.2, 0.25) is 0 Å². The Labute approximate surface area is 207 Å². The number of carbonyl (C=O) groups is 2. The molecule has 1 saturated carbocycles. The van der Waals surface area contributed by atoms with E-state index in [0.29, 0.717) is 6.54 Å². The second-order valence-corrected chi connectivity index (χ2v) is 9.14. The minimum atomic E-state index is -0.408. The van der Waals surface area contributed by atoms with Gasteiger partial charge < -0.3 is 14.5 Å². The van der Waals surface area contributed by atoms with Gasteiger partial charge in [-0.25, -0.2) is 4.79 Å². The van der Waals surface area contributed by atoms with Gasteiger partial charge in [0.05, 0.1) is 13.7 Å². The summed E-state index contributed by atoms with van der Waals surface area (Å²) in [5.41, 5.74) is 6.22. The van der Waals surface area contributed by atoms with Crippen molar-refractivity contribution in [1.29, 1.82) is 0 Å². The van der Waals surface area contributed by atoms with Crippen molar-refractivity contribution < 1.29 is 14.3 Å². The Balaban J connectivity index is 1.56. The number of amides is 1. The van der Waals surface area contributed by atoms with Crippen LogP contribution in [0.1, 0.15) is 30.4 Å². The first-order valence-electron chi connectivity index (χ1n) is 12.0. The number of anilines is 2. The van der Waals surface area contributed by atoms with Gasteiger partial charge in [-0.05, 0) is 65.4 Å². The van der Waals surface area contributed by atoms with Gasteiger partial charge in [-0.1, -0.05) is 55.0 Å². The van der Waals surface area contributed by atoms with Crippen LogP contribution in [0.4, 0.5) is 11.4 Å². The molecule has 0 radical (unpaired) electrons. The lowest BCUT2D eigenvalue weighted by Gasteiger charge is -2.32. The summed E-state index contributed by atoms with van der Waals surface area (Å²) in [6.07, 6.45) is 6.09. The predicted molar refractivity (Wildman–Crippen MR) is 142 cm³/mol. The molecule has 35 heavy (non-hydrogen) atoms. The van der Waals surface area contributed by atoms with E-state index in [9.17, 15) is 9.59 Å². The van der Waals surface area contributed by atoms with Crippen molar-refractivity contribution in [3.8, 4) is 11.1 Å². The fourth-order valence-corrected chi connectivity index (χ4v) is 4.14. The summed E-state index contributed by atoms with van der Waals surface area (Å²) in [6.45, 7) is 0.499. The highest BCUT2D eigenvalue weighted by molar-refractivity contribution is 5.96. The van der Waals surface area contributed by atoms with Gasteiger partial charge >= 0.3 is 5.97 Å². The van der Waals surface area contributed by atoms with E-state index in [2.05, 4.69) is 58.2 Å². The second-order valence-electron chi connectivity index (χ2n) is 9.14. The first kappa shape index (κ1) is 24.3. The monoisotopic (exact) mass is 468 g/mol. The van der Waals surface area contributed by atoms with Crippen LogP contribution in [0.25, 0.3) is 17.2 Å². The van der Waals surface area contributed by atoms with Crippen LogP contribution in [0.3, 0.4) is 0 Å². The summed E-state index contributed by atoms with van der Waals surface area (Å²) in [5.74, 6) is -0.165. The molecule has 1 aliphatic rings. The number of hydrogen-bond acceptors (Lipinski definition) is 4.